The molecule has 1 heterocycles. The molecule has 0 N–H and O–H groups in total. The highest BCUT2D eigenvalue weighted by molar-refractivity contribution is 5.77. The zero-order valence-corrected chi connectivity index (χ0v) is 5.45. The minimum Gasteiger partial charge on any atom is -0.454 e. The normalized spacial score (nSPS) is 31.4. The summed E-state index contributed by atoms with van der Waals surface area (Å²) in [4.78, 5) is 20.7. The van der Waals surface area contributed by atoms with E-state index in [9.17, 15) is 9.59 Å². The Kier molecular flexibility index (Phi) is 1.85. The Hall–Kier alpha value is -1.12. The average Bonchev–Trinajstić information content (AvgIpc) is 2.30. The molecule has 54 valence electrons. The first-order valence-electron chi connectivity index (χ1n) is 3.05. The number of cyclic esters (lactones) is 1. The van der Waals surface area contributed by atoms with E-state index in [1.807, 2.05) is 0 Å². The molecule has 2 unspecified atom stereocenters. The van der Waals surface area contributed by atoms with Gasteiger partial charge in [0.25, 0.3) is 0 Å². The van der Waals surface area contributed by atoms with E-state index in [1.54, 1.807) is 6.08 Å². The molecule has 1 aliphatic heterocycles. The van der Waals surface area contributed by atoms with Crippen LogP contribution in [0.2, 0.25) is 0 Å². The third-order valence-corrected chi connectivity index (χ3v) is 1.53. The van der Waals surface area contributed by atoms with E-state index >= 15 is 0 Å². The van der Waals surface area contributed by atoms with Crippen LogP contribution in [0.4, 0.5) is 0 Å². The number of carbonyl (C=O) groups excluding carboxylic acids is 2. The van der Waals surface area contributed by atoms with Gasteiger partial charge >= 0.3 is 5.97 Å². The summed E-state index contributed by atoms with van der Waals surface area (Å²) in [7, 11) is 0. The maximum absolute atomic E-state index is 10.6. The number of hydrogen-bond acceptors (Lipinski definition) is 3. The van der Waals surface area contributed by atoms with Crippen LogP contribution in [0.3, 0.4) is 0 Å². The van der Waals surface area contributed by atoms with Crippen molar-refractivity contribution >= 4 is 12.3 Å². The van der Waals surface area contributed by atoms with Gasteiger partial charge in [-0.15, -0.1) is 6.58 Å². The van der Waals surface area contributed by atoms with Crippen molar-refractivity contribution in [3.8, 4) is 0 Å². The van der Waals surface area contributed by atoms with Gasteiger partial charge in [-0.05, 0) is 0 Å². The Morgan fingerprint density at radius 2 is 2.40 bits per heavy atom. The lowest BCUT2D eigenvalue weighted by Crippen LogP contribution is -2.15. The molecule has 0 amide bonds. The molecule has 1 saturated heterocycles. The number of hydrogen-bond donors (Lipinski definition) is 0. The van der Waals surface area contributed by atoms with Gasteiger partial charge in [-0.3, -0.25) is 9.59 Å². The van der Waals surface area contributed by atoms with Crippen LogP contribution in [0, 0.1) is 5.92 Å². The number of ether oxygens (including phenoxy) is 1. The molecule has 10 heavy (non-hydrogen) atoms. The van der Waals surface area contributed by atoms with Gasteiger partial charge in [-0.2, -0.15) is 0 Å². The maximum atomic E-state index is 10.6. The van der Waals surface area contributed by atoms with Gasteiger partial charge in [0.1, 0.15) is 0 Å². The molecule has 0 bridgehead atoms. The van der Waals surface area contributed by atoms with Crippen molar-refractivity contribution in [1.29, 1.82) is 0 Å². The molecular formula is C7H8O3. The Balaban J connectivity index is 2.65. The van der Waals surface area contributed by atoms with Gasteiger partial charge in [0.05, 0.1) is 6.42 Å². The van der Waals surface area contributed by atoms with Gasteiger partial charge in [0.15, 0.2) is 12.4 Å². The first kappa shape index (κ1) is 6.99. The van der Waals surface area contributed by atoms with E-state index in [2.05, 4.69) is 11.3 Å². The summed E-state index contributed by atoms with van der Waals surface area (Å²) in [5, 5.41) is 0. The number of carbonyl (C=O) groups is 2. The molecule has 0 saturated carbocycles. The Bertz CT molecular complexity index is 156. The smallest absolute Gasteiger partial charge is 0.307 e. The zero-order chi connectivity index (χ0) is 7.56. The summed E-state index contributed by atoms with van der Waals surface area (Å²) in [5.74, 6) is -0.438. The van der Waals surface area contributed by atoms with Crippen LogP contribution < -0.4 is 0 Å². The van der Waals surface area contributed by atoms with Crippen LogP contribution in [0.5, 0.6) is 0 Å². The minimum absolute atomic E-state index is 0.120. The number of rotatable bonds is 2. The maximum Gasteiger partial charge on any atom is 0.307 e. The van der Waals surface area contributed by atoms with E-state index < -0.39 is 6.10 Å². The average molecular weight is 140 g/mol. The molecule has 1 aliphatic rings. The fraction of sp³-hybridized carbons (Fsp3) is 0.429. The predicted octanol–water partition coefficient (Wildman–Crippen LogP) is 0.303. The highest BCUT2D eigenvalue weighted by Gasteiger charge is 2.31. The first-order valence-corrected chi connectivity index (χ1v) is 3.05. The molecule has 0 radical (unpaired) electrons. The fourth-order valence-electron chi connectivity index (χ4n) is 0.942. The van der Waals surface area contributed by atoms with Crippen molar-refractivity contribution < 1.29 is 14.3 Å². The van der Waals surface area contributed by atoms with Gasteiger partial charge in [0.2, 0.25) is 0 Å². The lowest BCUT2D eigenvalue weighted by atomic mass is 10.0. The Morgan fingerprint density at radius 3 is 2.80 bits per heavy atom. The van der Waals surface area contributed by atoms with Gasteiger partial charge in [-0.25, -0.2) is 0 Å². The third kappa shape index (κ3) is 1.07. The predicted molar refractivity (Wildman–Crippen MR) is 34.2 cm³/mol. The number of esters is 1. The van der Waals surface area contributed by atoms with Crippen molar-refractivity contribution in [1.82, 2.24) is 0 Å². The largest absolute Gasteiger partial charge is 0.454 e. The van der Waals surface area contributed by atoms with E-state index in [1.165, 1.54) is 0 Å². The monoisotopic (exact) mass is 140 g/mol. The van der Waals surface area contributed by atoms with Crippen LogP contribution >= 0.6 is 0 Å². The second-order valence-electron chi connectivity index (χ2n) is 2.19. The van der Waals surface area contributed by atoms with Gasteiger partial charge in [0, 0.05) is 5.92 Å². The van der Waals surface area contributed by atoms with Gasteiger partial charge in [-0.1, -0.05) is 6.08 Å². The lowest BCUT2D eigenvalue weighted by Gasteiger charge is -2.03. The van der Waals surface area contributed by atoms with Crippen molar-refractivity contribution in [2.24, 2.45) is 5.92 Å². The molecule has 0 aromatic heterocycles. The zero-order valence-electron chi connectivity index (χ0n) is 5.45. The SMILES string of the molecule is C=CC1CC(=O)OC1C=O. The van der Waals surface area contributed by atoms with Crippen molar-refractivity contribution in [3.05, 3.63) is 12.7 Å². The molecule has 2 atom stereocenters. The van der Waals surface area contributed by atoms with E-state index in [4.69, 9.17) is 0 Å². The summed E-state index contributed by atoms with van der Waals surface area (Å²) in [6.45, 7) is 3.48. The molecular weight excluding hydrogens is 132 g/mol. The molecule has 1 rings (SSSR count). The molecule has 0 aliphatic carbocycles. The van der Waals surface area contributed by atoms with Gasteiger partial charge < -0.3 is 4.74 Å². The highest BCUT2D eigenvalue weighted by Crippen LogP contribution is 2.20. The summed E-state index contributed by atoms with van der Waals surface area (Å²) >= 11 is 0. The number of aldehydes is 1. The van der Waals surface area contributed by atoms with E-state index in [-0.39, 0.29) is 18.3 Å². The fourth-order valence-corrected chi connectivity index (χ4v) is 0.942. The molecule has 3 nitrogen and oxygen atoms in total. The second kappa shape index (κ2) is 2.64. The van der Waals surface area contributed by atoms with Crippen molar-refractivity contribution in [3.63, 3.8) is 0 Å². The van der Waals surface area contributed by atoms with Crippen molar-refractivity contribution in [2.75, 3.05) is 0 Å². The quantitative estimate of drug-likeness (QED) is 0.315. The molecule has 1 fully saturated rings. The molecule has 0 spiro atoms. The molecule has 3 heteroatoms. The van der Waals surface area contributed by atoms with E-state index in [0.29, 0.717) is 6.29 Å². The van der Waals surface area contributed by atoms with Crippen LogP contribution in [-0.2, 0) is 14.3 Å². The summed E-state index contributed by atoms with van der Waals surface area (Å²) in [6, 6.07) is 0. The van der Waals surface area contributed by atoms with Crippen molar-refractivity contribution in [2.45, 2.75) is 12.5 Å². The summed E-state index contributed by atoms with van der Waals surface area (Å²) < 4.78 is 4.64. The molecule has 0 aromatic rings. The van der Waals surface area contributed by atoms with Crippen LogP contribution in [0.15, 0.2) is 12.7 Å². The minimum atomic E-state index is -0.593. The highest BCUT2D eigenvalue weighted by atomic mass is 16.6. The standard InChI is InChI=1S/C7H8O3/c1-2-5-3-7(9)10-6(5)4-8/h2,4-6H,1,3H2. The molecule has 0 aromatic carbocycles. The second-order valence-corrected chi connectivity index (χ2v) is 2.19. The third-order valence-electron chi connectivity index (χ3n) is 1.53. The Morgan fingerprint density at radius 1 is 1.70 bits per heavy atom. The Labute approximate surface area is 58.7 Å². The van der Waals surface area contributed by atoms with Crippen LogP contribution in [0.25, 0.3) is 0 Å². The summed E-state index contributed by atoms with van der Waals surface area (Å²) in [5.41, 5.74) is 0. The lowest BCUT2D eigenvalue weighted by molar-refractivity contribution is -0.144. The topological polar surface area (TPSA) is 43.4 Å². The van der Waals surface area contributed by atoms with Crippen LogP contribution in [0.1, 0.15) is 6.42 Å². The van der Waals surface area contributed by atoms with Crippen LogP contribution in [-0.4, -0.2) is 18.4 Å². The summed E-state index contributed by atoms with van der Waals surface area (Å²) in [6.07, 6.45) is 1.90. The van der Waals surface area contributed by atoms with E-state index in [0.717, 1.165) is 0 Å². The first-order chi connectivity index (χ1) is 4.77.